The van der Waals surface area contributed by atoms with E-state index in [0.29, 0.717) is 54.1 Å². The van der Waals surface area contributed by atoms with Crippen LogP contribution in [0.3, 0.4) is 0 Å². The quantitative estimate of drug-likeness (QED) is 0.356. The Balaban J connectivity index is 1.20. The van der Waals surface area contributed by atoms with E-state index in [2.05, 4.69) is 33.0 Å². The van der Waals surface area contributed by atoms with E-state index in [1.165, 1.54) is 6.33 Å². The Kier molecular flexibility index (Phi) is 8.05. The number of ether oxygens (including phenoxy) is 1. The van der Waals surface area contributed by atoms with Crippen LogP contribution in [-0.2, 0) is 4.79 Å². The number of likely N-dealkylation sites (tertiary alicyclic amines) is 1. The maximum Gasteiger partial charge on any atom is 0.253 e. The molecular weight excluding hydrogens is 546 g/mol. The monoisotopic (exact) mass is 579 g/mol. The molecular formula is C32H33N7O4. The third-order valence-corrected chi connectivity index (χ3v) is 8.26. The third kappa shape index (κ3) is 5.93. The average molecular weight is 580 g/mol. The molecule has 6 rings (SSSR count). The molecule has 2 aliphatic rings. The predicted octanol–water partition coefficient (Wildman–Crippen LogP) is 2.91. The van der Waals surface area contributed by atoms with Crippen molar-refractivity contribution in [2.24, 2.45) is 0 Å². The van der Waals surface area contributed by atoms with Gasteiger partial charge in [-0.3, -0.25) is 9.59 Å². The van der Waals surface area contributed by atoms with Crippen molar-refractivity contribution in [3.8, 4) is 34.3 Å². The molecule has 0 aliphatic carbocycles. The van der Waals surface area contributed by atoms with Crippen LogP contribution in [-0.4, -0.2) is 106 Å². The lowest BCUT2D eigenvalue weighted by Crippen LogP contribution is -2.47. The molecule has 4 aromatic rings. The molecule has 11 heteroatoms. The number of H-pyrrole nitrogens is 1. The Bertz CT molecular complexity index is 1680. The fraction of sp³-hybridized carbons (Fsp3) is 0.344. The topological polar surface area (TPSA) is 139 Å². The first kappa shape index (κ1) is 28.3. The minimum atomic E-state index is -0.491. The summed E-state index contributed by atoms with van der Waals surface area (Å²) in [5.41, 5.74) is 4.95. The normalized spacial score (nSPS) is 16.3. The molecule has 2 saturated heterocycles. The first-order valence-corrected chi connectivity index (χ1v) is 14.5. The zero-order valence-corrected chi connectivity index (χ0v) is 24.0. The van der Waals surface area contributed by atoms with Gasteiger partial charge in [0.2, 0.25) is 5.91 Å². The summed E-state index contributed by atoms with van der Waals surface area (Å²) in [5.74, 6) is 0.259. The van der Waals surface area contributed by atoms with Crippen molar-refractivity contribution in [3.05, 3.63) is 66.0 Å². The molecule has 220 valence electrons. The summed E-state index contributed by atoms with van der Waals surface area (Å²) in [6.07, 6.45) is 2.62. The SMILES string of the molecule is CN1CCN(C(=O)c2ccc(-c3cc4c(-c5ccc(OC6CCN(C(=O)CO)CC6)c(C#N)c5)ncnc4[nH]3)cc2)CC1. The Morgan fingerprint density at radius 3 is 2.40 bits per heavy atom. The number of benzene rings is 2. The number of piperidine rings is 1. The van der Waals surface area contributed by atoms with Gasteiger partial charge in [0.25, 0.3) is 5.91 Å². The number of aromatic nitrogens is 3. The summed E-state index contributed by atoms with van der Waals surface area (Å²) in [6.45, 7) is 3.74. The van der Waals surface area contributed by atoms with Crippen molar-refractivity contribution in [1.29, 1.82) is 5.26 Å². The Labute approximate surface area is 249 Å². The summed E-state index contributed by atoms with van der Waals surface area (Å²) in [5, 5.41) is 19.8. The molecule has 2 N–H and O–H groups in total. The van der Waals surface area contributed by atoms with Gasteiger partial charge in [-0.25, -0.2) is 9.97 Å². The van der Waals surface area contributed by atoms with Crippen LogP contribution in [0.2, 0.25) is 0 Å². The van der Waals surface area contributed by atoms with Gasteiger partial charge in [0, 0.05) is 74.3 Å². The van der Waals surface area contributed by atoms with Gasteiger partial charge in [-0.15, -0.1) is 0 Å². The summed E-state index contributed by atoms with van der Waals surface area (Å²) < 4.78 is 6.16. The molecule has 11 nitrogen and oxygen atoms in total. The van der Waals surface area contributed by atoms with E-state index in [-0.39, 0.29) is 17.9 Å². The predicted molar refractivity (Wildman–Crippen MR) is 160 cm³/mol. The van der Waals surface area contributed by atoms with Crippen molar-refractivity contribution >= 4 is 22.8 Å². The fourth-order valence-electron chi connectivity index (χ4n) is 5.68. The summed E-state index contributed by atoms with van der Waals surface area (Å²) >= 11 is 0. The van der Waals surface area contributed by atoms with Crippen molar-refractivity contribution in [3.63, 3.8) is 0 Å². The molecule has 2 amide bonds. The van der Waals surface area contributed by atoms with E-state index in [1.807, 2.05) is 41.3 Å². The number of aromatic amines is 1. The summed E-state index contributed by atoms with van der Waals surface area (Å²) in [6, 6.07) is 17.3. The number of hydrogen-bond acceptors (Lipinski definition) is 8. The van der Waals surface area contributed by atoms with E-state index in [9.17, 15) is 14.9 Å². The molecule has 0 atom stereocenters. The highest BCUT2D eigenvalue weighted by Gasteiger charge is 2.25. The number of hydrogen-bond donors (Lipinski definition) is 2. The molecule has 0 saturated carbocycles. The van der Waals surface area contributed by atoms with Gasteiger partial charge in [-0.1, -0.05) is 12.1 Å². The zero-order chi connectivity index (χ0) is 29.9. The van der Waals surface area contributed by atoms with Gasteiger partial charge in [-0.05, 0) is 49.0 Å². The van der Waals surface area contributed by atoms with Crippen LogP contribution < -0.4 is 4.74 Å². The number of likely N-dealkylation sites (N-methyl/N-ethyl adjacent to an activating group) is 1. The Morgan fingerprint density at radius 1 is 0.977 bits per heavy atom. The molecule has 43 heavy (non-hydrogen) atoms. The second-order valence-electron chi connectivity index (χ2n) is 11.0. The standard InChI is InChI=1S/C32H33N7O4/c1-37-12-14-39(15-13-37)32(42)22-4-2-21(3-5-22)27-17-26-30(34-20-35-31(26)36-27)23-6-7-28(24(16-23)18-33)43-25-8-10-38(11-9-25)29(41)19-40/h2-7,16-17,20,25,40H,8-15,19H2,1H3,(H,34,35,36). The minimum absolute atomic E-state index is 0.0485. The van der Waals surface area contributed by atoms with E-state index >= 15 is 0 Å². The van der Waals surface area contributed by atoms with Crippen LogP contribution in [0.15, 0.2) is 54.9 Å². The van der Waals surface area contributed by atoms with Crippen LogP contribution in [0.5, 0.6) is 5.75 Å². The number of nitrogens with zero attached hydrogens (tertiary/aromatic N) is 6. The number of nitrogens with one attached hydrogen (secondary N) is 1. The second kappa shape index (κ2) is 12.2. The number of aliphatic hydroxyl groups excluding tert-OH is 1. The Morgan fingerprint density at radius 2 is 1.70 bits per heavy atom. The van der Waals surface area contributed by atoms with Gasteiger partial charge in [0.05, 0.1) is 11.3 Å². The molecule has 2 aromatic carbocycles. The smallest absolute Gasteiger partial charge is 0.253 e. The Hall–Kier alpha value is -4.79. The van der Waals surface area contributed by atoms with E-state index < -0.39 is 6.61 Å². The van der Waals surface area contributed by atoms with Gasteiger partial charge >= 0.3 is 0 Å². The summed E-state index contributed by atoms with van der Waals surface area (Å²) in [7, 11) is 2.07. The molecule has 2 aromatic heterocycles. The zero-order valence-electron chi connectivity index (χ0n) is 24.0. The van der Waals surface area contributed by atoms with Gasteiger partial charge in [0.1, 0.15) is 36.5 Å². The van der Waals surface area contributed by atoms with Crippen LogP contribution >= 0.6 is 0 Å². The number of aliphatic hydroxyl groups is 1. The summed E-state index contributed by atoms with van der Waals surface area (Å²) in [4.78, 5) is 42.8. The molecule has 2 fully saturated rings. The number of piperazine rings is 1. The minimum Gasteiger partial charge on any atom is -0.489 e. The average Bonchev–Trinajstić information content (AvgIpc) is 3.50. The maximum absolute atomic E-state index is 13.0. The number of fused-ring (bicyclic) bond motifs is 1. The first-order valence-electron chi connectivity index (χ1n) is 14.5. The lowest BCUT2D eigenvalue weighted by Gasteiger charge is -2.32. The highest BCUT2D eigenvalue weighted by molar-refractivity contribution is 5.96. The van der Waals surface area contributed by atoms with E-state index in [1.54, 1.807) is 17.0 Å². The number of amides is 2. The highest BCUT2D eigenvalue weighted by atomic mass is 16.5. The van der Waals surface area contributed by atoms with E-state index in [4.69, 9.17) is 9.84 Å². The van der Waals surface area contributed by atoms with Gasteiger partial charge < -0.3 is 29.5 Å². The van der Waals surface area contributed by atoms with Crippen LogP contribution in [0, 0.1) is 11.3 Å². The lowest BCUT2D eigenvalue weighted by atomic mass is 10.0. The number of rotatable bonds is 6. The molecule has 4 heterocycles. The molecule has 0 radical (unpaired) electrons. The number of nitriles is 1. The number of carbonyl (C=O) groups is 2. The fourth-order valence-corrected chi connectivity index (χ4v) is 5.68. The van der Waals surface area contributed by atoms with Crippen LogP contribution in [0.4, 0.5) is 0 Å². The molecule has 0 bridgehead atoms. The van der Waals surface area contributed by atoms with Gasteiger partial charge in [0.15, 0.2) is 0 Å². The van der Waals surface area contributed by atoms with Crippen molar-refractivity contribution in [2.75, 3.05) is 52.9 Å². The van der Waals surface area contributed by atoms with Crippen LogP contribution in [0.25, 0.3) is 33.5 Å². The molecule has 2 aliphatic heterocycles. The first-order chi connectivity index (χ1) is 20.9. The van der Waals surface area contributed by atoms with Crippen molar-refractivity contribution in [1.82, 2.24) is 29.7 Å². The van der Waals surface area contributed by atoms with Gasteiger partial charge in [-0.2, -0.15) is 5.26 Å². The van der Waals surface area contributed by atoms with E-state index in [0.717, 1.165) is 48.4 Å². The second-order valence-corrected chi connectivity index (χ2v) is 11.0. The highest BCUT2D eigenvalue weighted by Crippen LogP contribution is 2.33. The van der Waals surface area contributed by atoms with Crippen molar-refractivity contribution < 1.29 is 19.4 Å². The lowest BCUT2D eigenvalue weighted by molar-refractivity contribution is -0.135. The van der Waals surface area contributed by atoms with Crippen molar-refractivity contribution in [2.45, 2.75) is 18.9 Å². The molecule has 0 unspecified atom stereocenters. The molecule has 0 spiro atoms. The largest absolute Gasteiger partial charge is 0.489 e. The number of carbonyl (C=O) groups excluding carboxylic acids is 2. The third-order valence-electron chi connectivity index (χ3n) is 8.26. The van der Waals surface area contributed by atoms with Crippen LogP contribution in [0.1, 0.15) is 28.8 Å². The maximum atomic E-state index is 13.0.